The number of nitrogens with one attached hydrogen (secondary N) is 2. The van der Waals surface area contributed by atoms with Crippen molar-refractivity contribution in [2.75, 3.05) is 26.2 Å². The molecule has 0 unspecified atom stereocenters. The molecular formula is C13H27N3O2. The number of carbonyl (C=O) groups excluding carboxylic acids is 2. The fourth-order valence-corrected chi connectivity index (χ4v) is 1.43. The molecule has 2 amide bonds. The summed E-state index contributed by atoms with van der Waals surface area (Å²) >= 11 is 0. The second kappa shape index (κ2) is 8.91. The summed E-state index contributed by atoms with van der Waals surface area (Å²) in [5.41, 5.74) is 0. The molecule has 5 heteroatoms. The molecule has 0 rings (SSSR count). The molecule has 0 heterocycles. The third kappa shape index (κ3) is 8.98. The highest BCUT2D eigenvalue weighted by Gasteiger charge is 2.13. The minimum absolute atomic E-state index is 0.0251. The molecule has 5 nitrogen and oxygen atoms in total. The number of rotatable bonds is 8. The molecule has 0 aliphatic heterocycles. The Kier molecular flexibility index (Phi) is 8.37. The Bertz CT molecular complexity index is 265. The molecule has 0 bridgehead atoms. The van der Waals surface area contributed by atoms with Gasteiger partial charge in [-0.2, -0.15) is 0 Å². The van der Waals surface area contributed by atoms with Crippen molar-refractivity contribution >= 4 is 11.8 Å². The number of amides is 2. The van der Waals surface area contributed by atoms with Crippen molar-refractivity contribution < 1.29 is 9.59 Å². The van der Waals surface area contributed by atoms with Gasteiger partial charge in [0.15, 0.2) is 0 Å². The average Bonchev–Trinajstić information content (AvgIpc) is 2.24. The zero-order chi connectivity index (χ0) is 14.1. The maximum atomic E-state index is 11.6. The van der Waals surface area contributed by atoms with E-state index in [0.717, 1.165) is 0 Å². The highest BCUT2D eigenvalue weighted by atomic mass is 16.2. The molecule has 0 aliphatic carbocycles. The zero-order valence-corrected chi connectivity index (χ0v) is 12.2. The third-order valence-electron chi connectivity index (χ3n) is 2.34. The third-order valence-corrected chi connectivity index (χ3v) is 2.34. The summed E-state index contributed by atoms with van der Waals surface area (Å²) in [6.45, 7) is 11.8. The first-order chi connectivity index (χ1) is 8.35. The lowest BCUT2D eigenvalue weighted by Crippen LogP contribution is -2.44. The Hall–Kier alpha value is -1.10. The van der Waals surface area contributed by atoms with E-state index in [1.807, 2.05) is 39.5 Å². The lowest BCUT2D eigenvalue weighted by atomic mass is 10.2. The predicted octanol–water partition coefficient (Wildman–Crippen LogP) is 0.605. The van der Waals surface area contributed by atoms with Crippen LogP contribution < -0.4 is 10.6 Å². The Balaban J connectivity index is 4.02. The van der Waals surface area contributed by atoms with Crippen molar-refractivity contribution in [3.05, 3.63) is 0 Å². The number of likely N-dealkylation sites (N-methyl/N-ethyl adjacent to an activating group) is 1. The van der Waals surface area contributed by atoms with Crippen LogP contribution in [0.15, 0.2) is 0 Å². The van der Waals surface area contributed by atoms with Gasteiger partial charge in [0, 0.05) is 12.6 Å². The SMILES string of the molecule is CCN(CC(=O)NCC(C)C)CC(=O)NC(C)C. The van der Waals surface area contributed by atoms with Gasteiger partial charge in [-0.3, -0.25) is 14.5 Å². The van der Waals surface area contributed by atoms with Gasteiger partial charge < -0.3 is 10.6 Å². The largest absolute Gasteiger partial charge is 0.355 e. The van der Waals surface area contributed by atoms with Crippen LogP contribution in [0.25, 0.3) is 0 Å². The van der Waals surface area contributed by atoms with Crippen molar-refractivity contribution in [3.8, 4) is 0 Å². The first-order valence-electron chi connectivity index (χ1n) is 6.63. The van der Waals surface area contributed by atoms with Crippen LogP contribution in [0.3, 0.4) is 0 Å². The molecule has 18 heavy (non-hydrogen) atoms. The van der Waals surface area contributed by atoms with Crippen molar-refractivity contribution in [2.45, 2.75) is 40.7 Å². The molecule has 0 aliphatic rings. The number of hydrogen-bond acceptors (Lipinski definition) is 3. The molecule has 0 aromatic carbocycles. The van der Waals surface area contributed by atoms with Gasteiger partial charge in [0.1, 0.15) is 0 Å². The van der Waals surface area contributed by atoms with E-state index in [-0.39, 0.29) is 30.9 Å². The van der Waals surface area contributed by atoms with E-state index in [9.17, 15) is 9.59 Å². The highest BCUT2D eigenvalue weighted by Crippen LogP contribution is 1.91. The molecule has 0 aromatic rings. The maximum Gasteiger partial charge on any atom is 0.234 e. The number of carbonyl (C=O) groups is 2. The Labute approximate surface area is 110 Å². The van der Waals surface area contributed by atoms with Crippen LogP contribution in [0.2, 0.25) is 0 Å². The van der Waals surface area contributed by atoms with Gasteiger partial charge in [0.25, 0.3) is 0 Å². The summed E-state index contributed by atoms with van der Waals surface area (Å²) in [7, 11) is 0. The van der Waals surface area contributed by atoms with Crippen molar-refractivity contribution in [3.63, 3.8) is 0 Å². The topological polar surface area (TPSA) is 61.4 Å². The molecule has 0 radical (unpaired) electrons. The van der Waals surface area contributed by atoms with Gasteiger partial charge in [-0.05, 0) is 26.3 Å². The van der Waals surface area contributed by atoms with Crippen LogP contribution in [0.4, 0.5) is 0 Å². The number of nitrogens with zero attached hydrogens (tertiary/aromatic N) is 1. The van der Waals surface area contributed by atoms with Crippen LogP contribution in [-0.4, -0.2) is 48.9 Å². The molecule has 0 fully saturated rings. The Morgan fingerprint density at radius 1 is 1.06 bits per heavy atom. The van der Waals surface area contributed by atoms with Gasteiger partial charge in [-0.25, -0.2) is 0 Å². The summed E-state index contributed by atoms with van der Waals surface area (Å²) in [6.07, 6.45) is 0. The molecule has 0 saturated heterocycles. The van der Waals surface area contributed by atoms with Gasteiger partial charge in [-0.1, -0.05) is 20.8 Å². The Morgan fingerprint density at radius 2 is 1.61 bits per heavy atom. The number of hydrogen-bond donors (Lipinski definition) is 2. The van der Waals surface area contributed by atoms with E-state index in [1.54, 1.807) is 0 Å². The smallest absolute Gasteiger partial charge is 0.234 e. The summed E-state index contributed by atoms with van der Waals surface area (Å²) in [5.74, 6) is 0.375. The monoisotopic (exact) mass is 257 g/mol. The summed E-state index contributed by atoms with van der Waals surface area (Å²) < 4.78 is 0. The standard InChI is InChI=1S/C13H27N3O2/c1-6-16(9-13(18)15-11(4)5)8-12(17)14-7-10(2)3/h10-11H,6-9H2,1-5H3,(H,14,17)(H,15,18). The van der Waals surface area contributed by atoms with Crippen molar-refractivity contribution in [1.82, 2.24) is 15.5 Å². The fourth-order valence-electron chi connectivity index (χ4n) is 1.43. The summed E-state index contributed by atoms with van der Waals surface area (Å²) in [4.78, 5) is 25.0. The van der Waals surface area contributed by atoms with Gasteiger partial charge >= 0.3 is 0 Å². The van der Waals surface area contributed by atoms with Gasteiger partial charge in [0.2, 0.25) is 11.8 Å². The van der Waals surface area contributed by atoms with Crippen molar-refractivity contribution in [1.29, 1.82) is 0 Å². The molecule has 2 N–H and O–H groups in total. The quantitative estimate of drug-likeness (QED) is 0.669. The molecule has 106 valence electrons. The fraction of sp³-hybridized carbons (Fsp3) is 0.846. The maximum absolute atomic E-state index is 11.6. The summed E-state index contributed by atoms with van der Waals surface area (Å²) in [5, 5.41) is 5.67. The molecule has 0 saturated carbocycles. The highest BCUT2D eigenvalue weighted by molar-refractivity contribution is 5.81. The minimum atomic E-state index is -0.0384. The van der Waals surface area contributed by atoms with Crippen LogP contribution in [0, 0.1) is 5.92 Å². The molecule has 0 aromatic heterocycles. The van der Waals surface area contributed by atoms with Gasteiger partial charge in [0.05, 0.1) is 13.1 Å². The molecule has 0 atom stereocenters. The zero-order valence-electron chi connectivity index (χ0n) is 12.2. The second-order valence-electron chi connectivity index (χ2n) is 5.22. The van der Waals surface area contributed by atoms with Crippen LogP contribution in [0.1, 0.15) is 34.6 Å². The van der Waals surface area contributed by atoms with Crippen molar-refractivity contribution in [2.24, 2.45) is 5.92 Å². The first kappa shape index (κ1) is 16.9. The van der Waals surface area contributed by atoms with E-state index in [0.29, 0.717) is 19.0 Å². The average molecular weight is 257 g/mol. The molecular weight excluding hydrogens is 230 g/mol. The first-order valence-corrected chi connectivity index (χ1v) is 6.63. The predicted molar refractivity (Wildman–Crippen MR) is 73.2 cm³/mol. The lowest BCUT2D eigenvalue weighted by Gasteiger charge is -2.20. The molecule has 0 spiro atoms. The summed E-state index contributed by atoms with van der Waals surface area (Å²) in [6, 6.07) is 0.131. The van der Waals surface area contributed by atoms with E-state index >= 15 is 0 Å². The van der Waals surface area contributed by atoms with Crippen LogP contribution >= 0.6 is 0 Å². The second-order valence-corrected chi connectivity index (χ2v) is 5.22. The van der Waals surface area contributed by atoms with Crippen LogP contribution in [0.5, 0.6) is 0 Å². The van der Waals surface area contributed by atoms with E-state index in [1.165, 1.54) is 0 Å². The van der Waals surface area contributed by atoms with E-state index in [2.05, 4.69) is 10.6 Å². The van der Waals surface area contributed by atoms with E-state index < -0.39 is 0 Å². The van der Waals surface area contributed by atoms with E-state index in [4.69, 9.17) is 0 Å². The minimum Gasteiger partial charge on any atom is -0.355 e. The van der Waals surface area contributed by atoms with Crippen LogP contribution in [-0.2, 0) is 9.59 Å². The Morgan fingerprint density at radius 3 is 2.06 bits per heavy atom. The normalized spacial score (nSPS) is 11.1. The van der Waals surface area contributed by atoms with Gasteiger partial charge in [-0.15, -0.1) is 0 Å². The lowest BCUT2D eigenvalue weighted by molar-refractivity contribution is -0.125.